The fourth-order valence-corrected chi connectivity index (χ4v) is 2.72. The molecule has 0 radical (unpaired) electrons. The number of aromatic nitrogens is 2. The van der Waals surface area contributed by atoms with Crippen LogP contribution in [-0.4, -0.2) is 41.2 Å². The van der Waals surface area contributed by atoms with Crippen molar-refractivity contribution in [3.05, 3.63) is 41.6 Å². The first-order valence-electron chi connectivity index (χ1n) is 7.40. The third kappa shape index (κ3) is 2.95. The molecule has 0 aliphatic carbocycles. The van der Waals surface area contributed by atoms with E-state index in [9.17, 15) is 4.79 Å². The molecule has 22 heavy (non-hydrogen) atoms. The highest BCUT2D eigenvalue weighted by Crippen LogP contribution is 2.27. The summed E-state index contributed by atoms with van der Waals surface area (Å²) in [6, 6.07) is 7.21. The number of piperidine rings is 1. The van der Waals surface area contributed by atoms with Crippen molar-refractivity contribution < 1.29 is 13.9 Å². The summed E-state index contributed by atoms with van der Waals surface area (Å²) in [7, 11) is 1.61. The molecule has 1 aromatic heterocycles. The molecule has 6 heteroatoms. The molecule has 2 aromatic rings. The van der Waals surface area contributed by atoms with Gasteiger partial charge in [0.2, 0.25) is 11.8 Å². The van der Waals surface area contributed by atoms with E-state index in [2.05, 4.69) is 10.2 Å². The van der Waals surface area contributed by atoms with Crippen LogP contribution in [0.1, 0.15) is 40.9 Å². The number of benzene rings is 1. The predicted octanol–water partition coefficient (Wildman–Crippen LogP) is 2.41. The van der Waals surface area contributed by atoms with Crippen molar-refractivity contribution in [3.63, 3.8) is 0 Å². The Morgan fingerprint density at radius 2 is 1.91 bits per heavy atom. The van der Waals surface area contributed by atoms with Crippen LogP contribution in [0.25, 0.3) is 0 Å². The Bertz CT molecular complexity index is 643. The van der Waals surface area contributed by atoms with E-state index in [1.807, 2.05) is 4.90 Å². The summed E-state index contributed by atoms with van der Waals surface area (Å²) in [5.74, 6) is 2.34. The first-order valence-corrected chi connectivity index (χ1v) is 7.40. The summed E-state index contributed by atoms with van der Waals surface area (Å²) in [5.41, 5.74) is 0.688. The molecule has 1 fully saturated rings. The Morgan fingerprint density at radius 3 is 2.45 bits per heavy atom. The Balaban J connectivity index is 1.61. The highest BCUT2D eigenvalue weighted by molar-refractivity contribution is 5.94. The van der Waals surface area contributed by atoms with Crippen LogP contribution in [0.5, 0.6) is 5.75 Å². The molecule has 2 heterocycles. The SMILES string of the molecule is COc1ccc(C(=O)N2CCC(c3nnc(C)o3)CC2)cc1. The molecule has 1 amide bonds. The van der Waals surface area contributed by atoms with Crippen molar-refractivity contribution in [3.8, 4) is 5.75 Å². The van der Waals surface area contributed by atoms with Gasteiger partial charge in [0.25, 0.3) is 5.91 Å². The maximum Gasteiger partial charge on any atom is 0.253 e. The molecule has 6 nitrogen and oxygen atoms in total. The molecule has 1 saturated heterocycles. The zero-order valence-corrected chi connectivity index (χ0v) is 12.8. The van der Waals surface area contributed by atoms with Crippen LogP contribution < -0.4 is 4.74 Å². The van der Waals surface area contributed by atoms with Crippen molar-refractivity contribution in [2.75, 3.05) is 20.2 Å². The Labute approximate surface area is 129 Å². The Morgan fingerprint density at radius 1 is 1.23 bits per heavy atom. The van der Waals surface area contributed by atoms with E-state index in [4.69, 9.17) is 9.15 Å². The monoisotopic (exact) mass is 301 g/mol. The minimum absolute atomic E-state index is 0.0582. The summed E-state index contributed by atoms with van der Waals surface area (Å²) < 4.78 is 10.6. The van der Waals surface area contributed by atoms with Gasteiger partial charge in [-0.3, -0.25) is 4.79 Å². The number of aryl methyl sites for hydroxylation is 1. The lowest BCUT2D eigenvalue weighted by atomic mass is 9.96. The van der Waals surface area contributed by atoms with E-state index in [1.54, 1.807) is 38.3 Å². The van der Waals surface area contributed by atoms with E-state index < -0.39 is 0 Å². The van der Waals surface area contributed by atoms with Gasteiger partial charge in [0.1, 0.15) is 5.75 Å². The van der Waals surface area contributed by atoms with E-state index in [-0.39, 0.29) is 11.8 Å². The molecule has 0 saturated carbocycles. The summed E-state index contributed by atoms with van der Waals surface area (Å²) >= 11 is 0. The second-order valence-corrected chi connectivity index (χ2v) is 5.45. The summed E-state index contributed by atoms with van der Waals surface area (Å²) in [6.45, 7) is 3.20. The van der Waals surface area contributed by atoms with Gasteiger partial charge < -0.3 is 14.1 Å². The van der Waals surface area contributed by atoms with E-state index in [1.165, 1.54) is 0 Å². The molecule has 1 aliphatic rings. The number of ether oxygens (including phenoxy) is 1. The molecule has 0 N–H and O–H groups in total. The smallest absolute Gasteiger partial charge is 0.253 e. The Hall–Kier alpha value is -2.37. The minimum Gasteiger partial charge on any atom is -0.497 e. The average molecular weight is 301 g/mol. The highest BCUT2D eigenvalue weighted by Gasteiger charge is 2.27. The van der Waals surface area contributed by atoms with Gasteiger partial charge in [-0.25, -0.2) is 0 Å². The lowest BCUT2D eigenvalue weighted by Crippen LogP contribution is -2.38. The van der Waals surface area contributed by atoms with Crippen LogP contribution in [0.2, 0.25) is 0 Å². The molecule has 3 rings (SSSR count). The molecule has 116 valence electrons. The van der Waals surface area contributed by atoms with Gasteiger partial charge >= 0.3 is 0 Å². The maximum absolute atomic E-state index is 12.5. The van der Waals surface area contributed by atoms with Crippen LogP contribution in [-0.2, 0) is 0 Å². The van der Waals surface area contributed by atoms with Gasteiger partial charge in [-0.1, -0.05) is 0 Å². The number of methoxy groups -OCH3 is 1. The highest BCUT2D eigenvalue weighted by atomic mass is 16.5. The molecule has 0 unspecified atom stereocenters. The first kappa shape index (κ1) is 14.6. The number of nitrogens with zero attached hydrogens (tertiary/aromatic N) is 3. The van der Waals surface area contributed by atoms with Crippen molar-refractivity contribution in [1.29, 1.82) is 0 Å². The van der Waals surface area contributed by atoms with Crippen LogP contribution in [0, 0.1) is 6.92 Å². The molecular formula is C16H19N3O3. The molecule has 1 aliphatic heterocycles. The number of hydrogen-bond donors (Lipinski definition) is 0. The number of hydrogen-bond acceptors (Lipinski definition) is 5. The molecular weight excluding hydrogens is 282 g/mol. The molecule has 0 spiro atoms. The molecule has 0 atom stereocenters. The number of amides is 1. The predicted molar refractivity (Wildman–Crippen MR) is 79.9 cm³/mol. The minimum atomic E-state index is 0.0582. The largest absolute Gasteiger partial charge is 0.497 e. The normalized spacial score (nSPS) is 15.8. The Kier molecular flexibility index (Phi) is 4.09. The lowest BCUT2D eigenvalue weighted by molar-refractivity contribution is 0.0706. The van der Waals surface area contributed by atoms with Crippen LogP contribution in [0.15, 0.2) is 28.7 Å². The van der Waals surface area contributed by atoms with Crippen LogP contribution in [0.3, 0.4) is 0 Å². The number of carbonyl (C=O) groups excluding carboxylic acids is 1. The van der Waals surface area contributed by atoms with Gasteiger partial charge in [-0.2, -0.15) is 0 Å². The van der Waals surface area contributed by atoms with Gasteiger partial charge in [0.15, 0.2) is 0 Å². The standard InChI is InChI=1S/C16H19N3O3/c1-11-17-18-15(22-11)12-7-9-19(10-8-12)16(20)13-3-5-14(21-2)6-4-13/h3-6,12H,7-10H2,1-2H3. The number of carbonyl (C=O) groups is 1. The van der Waals surface area contributed by atoms with Crippen molar-refractivity contribution in [2.45, 2.75) is 25.7 Å². The van der Waals surface area contributed by atoms with Crippen LogP contribution in [0.4, 0.5) is 0 Å². The average Bonchev–Trinajstić information content (AvgIpc) is 3.01. The summed E-state index contributed by atoms with van der Waals surface area (Å²) in [4.78, 5) is 14.4. The third-order valence-electron chi connectivity index (χ3n) is 4.01. The zero-order chi connectivity index (χ0) is 15.5. The van der Waals surface area contributed by atoms with Crippen molar-refractivity contribution in [2.24, 2.45) is 0 Å². The van der Waals surface area contributed by atoms with E-state index in [0.29, 0.717) is 30.4 Å². The van der Waals surface area contributed by atoms with Crippen molar-refractivity contribution >= 4 is 5.91 Å². The summed E-state index contributed by atoms with van der Waals surface area (Å²) in [6.07, 6.45) is 1.70. The first-order chi connectivity index (χ1) is 10.7. The lowest BCUT2D eigenvalue weighted by Gasteiger charge is -2.30. The quantitative estimate of drug-likeness (QED) is 0.870. The van der Waals surface area contributed by atoms with Gasteiger partial charge in [0, 0.05) is 31.5 Å². The van der Waals surface area contributed by atoms with E-state index in [0.717, 1.165) is 18.6 Å². The third-order valence-corrected chi connectivity index (χ3v) is 4.01. The van der Waals surface area contributed by atoms with Crippen molar-refractivity contribution in [1.82, 2.24) is 15.1 Å². The summed E-state index contributed by atoms with van der Waals surface area (Å²) in [5, 5.41) is 7.95. The van der Waals surface area contributed by atoms with E-state index >= 15 is 0 Å². The van der Waals surface area contributed by atoms with Gasteiger partial charge in [-0.05, 0) is 37.1 Å². The molecule has 0 bridgehead atoms. The van der Waals surface area contributed by atoms with Gasteiger partial charge in [0.05, 0.1) is 7.11 Å². The zero-order valence-electron chi connectivity index (χ0n) is 12.8. The number of likely N-dealkylation sites (tertiary alicyclic amines) is 1. The maximum atomic E-state index is 12.5. The van der Waals surface area contributed by atoms with Crippen LogP contribution >= 0.6 is 0 Å². The topological polar surface area (TPSA) is 68.5 Å². The second-order valence-electron chi connectivity index (χ2n) is 5.45. The molecule has 1 aromatic carbocycles. The van der Waals surface area contributed by atoms with Gasteiger partial charge in [-0.15, -0.1) is 10.2 Å². The second kappa shape index (κ2) is 6.17. The fourth-order valence-electron chi connectivity index (χ4n) is 2.72. The fraction of sp³-hybridized carbons (Fsp3) is 0.438. The number of rotatable bonds is 3.